The number of nitrogens with two attached hydrogens (primary N) is 1. The van der Waals surface area contributed by atoms with Gasteiger partial charge in [0.1, 0.15) is 35.9 Å². The van der Waals surface area contributed by atoms with Crippen LogP contribution >= 0.6 is 0 Å². The van der Waals surface area contributed by atoms with Gasteiger partial charge in [0.2, 0.25) is 0 Å². The third-order valence-corrected chi connectivity index (χ3v) is 5.59. The number of nitrogens with one attached hydrogen (secondary N) is 2. The molecule has 4 aromatic rings. The predicted octanol–water partition coefficient (Wildman–Crippen LogP) is 2.28. The largest absolute Gasteiger partial charge is 0.369 e. The highest BCUT2D eigenvalue weighted by atomic mass is 15.3. The molecule has 1 fully saturated rings. The molecular formula is C22H25N11. The Hall–Kier alpha value is -4.17. The van der Waals surface area contributed by atoms with Gasteiger partial charge >= 0.3 is 0 Å². The van der Waals surface area contributed by atoms with Gasteiger partial charge in [0.25, 0.3) is 0 Å². The number of rotatable bonds is 9. The highest BCUT2D eigenvalue weighted by molar-refractivity contribution is 5.73. The van der Waals surface area contributed by atoms with Gasteiger partial charge in [-0.1, -0.05) is 0 Å². The minimum absolute atomic E-state index is 0.429. The van der Waals surface area contributed by atoms with Gasteiger partial charge in [-0.3, -0.25) is 4.57 Å². The Morgan fingerprint density at radius 2 is 2.06 bits per heavy atom. The Kier molecular flexibility index (Phi) is 5.50. The highest BCUT2D eigenvalue weighted by Gasteiger charge is 2.23. The number of aromatic nitrogens is 6. The fourth-order valence-corrected chi connectivity index (χ4v) is 3.80. The molecule has 0 saturated heterocycles. The van der Waals surface area contributed by atoms with Crippen LogP contribution in [0.15, 0.2) is 43.1 Å². The fraction of sp³-hybridized carbons (Fsp3) is 0.318. The van der Waals surface area contributed by atoms with Gasteiger partial charge in [-0.15, -0.1) is 10.2 Å². The average molecular weight is 444 g/mol. The molecule has 1 aromatic carbocycles. The van der Waals surface area contributed by atoms with Gasteiger partial charge in [0.05, 0.1) is 17.6 Å². The van der Waals surface area contributed by atoms with Crippen LogP contribution in [0.4, 0.5) is 23.0 Å². The van der Waals surface area contributed by atoms with E-state index in [2.05, 4.69) is 54.9 Å². The Morgan fingerprint density at radius 1 is 1.24 bits per heavy atom. The summed E-state index contributed by atoms with van der Waals surface area (Å²) in [4.78, 5) is 6.87. The van der Waals surface area contributed by atoms with Gasteiger partial charge < -0.3 is 21.3 Å². The van der Waals surface area contributed by atoms with Crippen molar-refractivity contribution in [3.05, 3.63) is 48.7 Å². The maximum atomic E-state index is 9.47. The Labute approximate surface area is 190 Å². The van der Waals surface area contributed by atoms with E-state index in [0.717, 1.165) is 48.8 Å². The molecule has 4 N–H and O–H groups in total. The van der Waals surface area contributed by atoms with Crippen LogP contribution in [0.3, 0.4) is 0 Å². The van der Waals surface area contributed by atoms with Crippen LogP contribution in [0.5, 0.6) is 0 Å². The summed E-state index contributed by atoms with van der Waals surface area (Å²) in [7, 11) is 0. The third-order valence-electron chi connectivity index (χ3n) is 5.59. The van der Waals surface area contributed by atoms with Crippen molar-refractivity contribution >= 4 is 28.7 Å². The lowest BCUT2D eigenvalue weighted by Crippen LogP contribution is -2.30. The van der Waals surface area contributed by atoms with Crippen LogP contribution in [-0.4, -0.2) is 55.0 Å². The number of fused-ring (bicyclic) bond motifs is 1. The molecule has 1 aliphatic rings. The van der Waals surface area contributed by atoms with Crippen LogP contribution in [0, 0.1) is 11.3 Å². The maximum Gasteiger partial charge on any atom is 0.177 e. The summed E-state index contributed by atoms with van der Waals surface area (Å²) in [5.74, 6) is 1.43. The maximum absolute atomic E-state index is 9.47. The molecule has 0 bridgehead atoms. The van der Waals surface area contributed by atoms with Crippen LogP contribution in [0.1, 0.15) is 25.3 Å². The Balaban J connectivity index is 1.54. The zero-order valence-electron chi connectivity index (χ0n) is 18.3. The molecule has 0 atom stereocenters. The minimum Gasteiger partial charge on any atom is -0.369 e. The molecule has 0 radical (unpaired) electrons. The number of benzene rings is 1. The van der Waals surface area contributed by atoms with Crippen molar-refractivity contribution in [2.75, 3.05) is 35.2 Å². The van der Waals surface area contributed by atoms with Crippen LogP contribution in [0.2, 0.25) is 0 Å². The second-order valence-electron chi connectivity index (χ2n) is 7.92. The first-order valence-corrected chi connectivity index (χ1v) is 11.0. The number of likely N-dealkylation sites (N-methyl/N-ethyl adjacent to an activating group) is 1. The molecule has 5 rings (SSSR count). The zero-order chi connectivity index (χ0) is 22.8. The SMILES string of the molecule is CCN(CCN)c1ccc(Nc2cc(NC3CC3)n3ncc(C#N)c3n2)cc1-n1cnnc1. The summed E-state index contributed by atoms with van der Waals surface area (Å²) in [6.07, 6.45) is 7.14. The molecule has 168 valence electrons. The summed E-state index contributed by atoms with van der Waals surface area (Å²) in [5, 5.41) is 28.6. The van der Waals surface area contributed by atoms with Crippen LogP contribution in [-0.2, 0) is 0 Å². The smallest absolute Gasteiger partial charge is 0.177 e. The van der Waals surface area contributed by atoms with Crippen molar-refractivity contribution < 1.29 is 0 Å². The van der Waals surface area contributed by atoms with E-state index in [1.54, 1.807) is 23.4 Å². The van der Waals surface area contributed by atoms with Gasteiger partial charge in [-0.2, -0.15) is 14.9 Å². The van der Waals surface area contributed by atoms with E-state index in [9.17, 15) is 5.26 Å². The van der Waals surface area contributed by atoms with Crippen molar-refractivity contribution in [3.63, 3.8) is 0 Å². The van der Waals surface area contributed by atoms with Gasteiger partial charge in [-0.05, 0) is 38.0 Å². The first-order valence-electron chi connectivity index (χ1n) is 11.0. The lowest BCUT2D eigenvalue weighted by molar-refractivity contribution is 0.811. The molecule has 11 nitrogen and oxygen atoms in total. The number of anilines is 4. The topological polar surface area (TPSA) is 138 Å². The number of nitriles is 1. The molecule has 0 spiro atoms. The van der Waals surface area contributed by atoms with E-state index in [0.29, 0.717) is 29.6 Å². The van der Waals surface area contributed by atoms with Gasteiger partial charge in [0.15, 0.2) is 5.65 Å². The zero-order valence-corrected chi connectivity index (χ0v) is 18.3. The third kappa shape index (κ3) is 4.16. The molecule has 11 heteroatoms. The molecule has 1 aliphatic carbocycles. The highest BCUT2D eigenvalue weighted by Crippen LogP contribution is 2.31. The van der Waals surface area contributed by atoms with Crippen molar-refractivity contribution in [2.24, 2.45) is 5.73 Å². The summed E-state index contributed by atoms with van der Waals surface area (Å²) in [5.41, 5.74) is 9.58. The molecule has 0 unspecified atom stereocenters. The second kappa shape index (κ2) is 8.76. The standard InChI is InChI=1S/C22H25N11/c1-2-31(8-7-23)18-6-5-17(9-19(18)32-13-25-26-14-32)28-20-10-21(29-16-3-4-16)33-22(30-20)15(11-24)12-27-33/h5-6,9-10,12-14,16,29H,2-4,7-8,23H2,1H3,(H,28,30). The summed E-state index contributed by atoms with van der Waals surface area (Å²) >= 11 is 0. The summed E-state index contributed by atoms with van der Waals surface area (Å²) in [6, 6.07) is 10.6. The molecular weight excluding hydrogens is 418 g/mol. The summed E-state index contributed by atoms with van der Waals surface area (Å²) < 4.78 is 3.56. The Bertz CT molecular complexity index is 1300. The molecule has 0 aliphatic heterocycles. The van der Waals surface area contributed by atoms with E-state index in [4.69, 9.17) is 5.73 Å². The Morgan fingerprint density at radius 3 is 2.76 bits per heavy atom. The minimum atomic E-state index is 0.429. The van der Waals surface area contributed by atoms with Crippen molar-refractivity contribution in [1.82, 2.24) is 29.4 Å². The molecule has 3 heterocycles. The van der Waals surface area contributed by atoms with E-state index < -0.39 is 0 Å². The van der Waals surface area contributed by atoms with E-state index in [1.807, 2.05) is 22.8 Å². The van der Waals surface area contributed by atoms with E-state index >= 15 is 0 Å². The predicted molar refractivity (Wildman–Crippen MR) is 126 cm³/mol. The monoisotopic (exact) mass is 443 g/mol. The fourth-order valence-electron chi connectivity index (χ4n) is 3.80. The first-order chi connectivity index (χ1) is 16.2. The lowest BCUT2D eigenvalue weighted by Gasteiger charge is -2.25. The van der Waals surface area contributed by atoms with Crippen molar-refractivity contribution in [1.29, 1.82) is 5.26 Å². The molecule has 3 aromatic heterocycles. The quantitative estimate of drug-likeness (QED) is 0.355. The van der Waals surface area contributed by atoms with Gasteiger partial charge in [-0.25, -0.2) is 4.98 Å². The van der Waals surface area contributed by atoms with E-state index in [-0.39, 0.29) is 0 Å². The number of hydrogen-bond acceptors (Lipinski definition) is 9. The second-order valence-corrected chi connectivity index (χ2v) is 7.92. The van der Waals surface area contributed by atoms with Crippen LogP contribution < -0.4 is 21.3 Å². The number of hydrogen-bond donors (Lipinski definition) is 3. The molecule has 1 saturated carbocycles. The van der Waals surface area contributed by atoms with Crippen molar-refractivity contribution in [2.45, 2.75) is 25.8 Å². The lowest BCUT2D eigenvalue weighted by atomic mass is 10.2. The summed E-state index contributed by atoms with van der Waals surface area (Å²) in [6.45, 7) is 4.23. The van der Waals surface area contributed by atoms with Gasteiger partial charge in [0, 0.05) is 37.4 Å². The number of nitrogens with zero attached hydrogens (tertiary/aromatic N) is 8. The van der Waals surface area contributed by atoms with Crippen LogP contribution in [0.25, 0.3) is 11.3 Å². The molecule has 33 heavy (non-hydrogen) atoms. The van der Waals surface area contributed by atoms with E-state index in [1.165, 1.54) is 0 Å². The average Bonchev–Trinajstić information content (AvgIpc) is 3.31. The molecule has 0 amide bonds. The normalized spacial score (nSPS) is 13.1. The van der Waals surface area contributed by atoms with Crippen molar-refractivity contribution in [3.8, 4) is 11.8 Å². The first kappa shape index (κ1) is 20.7.